The highest BCUT2D eigenvalue weighted by atomic mass is 16.2. The first-order valence-corrected chi connectivity index (χ1v) is 6.37. The number of allylic oxidation sites excluding steroid dienone is 5. The van der Waals surface area contributed by atoms with Crippen molar-refractivity contribution in [2.75, 3.05) is 26.2 Å². The summed E-state index contributed by atoms with van der Waals surface area (Å²) in [6.07, 6.45) is 12.4. The number of hydrogen-bond acceptors (Lipinski definition) is 2. The molecule has 0 saturated carbocycles. The minimum atomic E-state index is 0.273. The van der Waals surface area contributed by atoms with Gasteiger partial charge in [0.05, 0.1) is 0 Å². The van der Waals surface area contributed by atoms with E-state index in [1.165, 1.54) is 5.70 Å². The molecule has 1 aliphatic heterocycles. The maximum absolute atomic E-state index is 11.6. The molecule has 0 aromatic carbocycles. The molecule has 1 aliphatic carbocycles. The highest BCUT2D eigenvalue weighted by Crippen LogP contribution is 2.14. The summed E-state index contributed by atoms with van der Waals surface area (Å²) in [4.78, 5) is 15.9. The zero-order valence-electron chi connectivity index (χ0n) is 10.4. The molecule has 0 unspecified atom stereocenters. The summed E-state index contributed by atoms with van der Waals surface area (Å²) in [5.41, 5.74) is 1.27. The number of carbonyl (C=O) groups is 1. The number of carbonyl (C=O) groups excluding carboxylic acids is 1. The summed E-state index contributed by atoms with van der Waals surface area (Å²) in [5.74, 6) is 0.273. The molecule has 0 atom stereocenters. The van der Waals surface area contributed by atoms with Crippen LogP contribution in [0.25, 0.3) is 0 Å². The van der Waals surface area contributed by atoms with Crippen LogP contribution in [0.5, 0.6) is 0 Å². The van der Waals surface area contributed by atoms with Crippen LogP contribution in [0, 0.1) is 0 Å². The Hall–Kier alpha value is -1.51. The predicted molar refractivity (Wildman–Crippen MR) is 69.4 cm³/mol. The lowest BCUT2D eigenvalue weighted by Crippen LogP contribution is -2.47. The van der Waals surface area contributed by atoms with Crippen LogP contribution in [0.1, 0.15) is 19.8 Å². The predicted octanol–water partition coefficient (Wildman–Crippen LogP) is 1.94. The molecule has 3 nitrogen and oxygen atoms in total. The van der Waals surface area contributed by atoms with Gasteiger partial charge in [0.15, 0.2) is 0 Å². The fraction of sp³-hybridized carbons (Fsp3) is 0.500. The van der Waals surface area contributed by atoms with Crippen molar-refractivity contribution in [3.63, 3.8) is 0 Å². The molecule has 0 bridgehead atoms. The minimum Gasteiger partial charge on any atom is -0.368 e. The number of rotatable bonds is 2. The third-order valence-electron chi connectivity index (χ3n) is 3.26. The van der Waals surface area contributed by atoms with Gasteiger partial charge in [0, 0.05) is 38.3 Å². The van der Waals surface area contributed by atoms with E-state index in [0.29, 0.717) is 6.42 Å². The van der Waals surface area contributed by atoms with Crippen LogP contribution >= 0.6 is 0 Å². The SMILES string of the molecule is CCC(=O)N1CCN(C2=CC=CCC=C2)CC1. The Morgan fingerprint density at radius 1 is 1.24 bits per heavy atom. The maximum atomic E-state index is 11.6. The lowest BCUT2D eigenvalue weighted by Gasteiger charge is -2.36. The van der Waals surface area contributed by atoms with E-state index in [0.717, 1.165) is 32.6 Å². The Kier molecular flexibility index (Phi) is 4.02. The molecule has 17 heavy (non-hydrogen) atoms. The van der Waals surface area contributed by atoms with Crippen LogP contribution in [-0.2, 0) is 4.79 Å². The Balaban J connectivity index is 1.92. The molecule has 2 aliphatic rings. The van der Waals surface area contributed by atoms with E-state index in [1.807, 2.05) is 11.8 Å². The Bertz CT molecular complexity index is 360. The topological polar surface area (TPSA) is 23.6 Å². The van der Waals surface area contributed by atoms with Gasteiger partial charge in [-0.1, -0.05) is 25.2 Å². The molecule has 1 heterocycles. The fourth-order valence-corrected chi connectivity index (χ4v) is 2.22. The van der Waals surface area contributed by atoms with Crippen LogP contribution in [0.2, 0.25) is 0 Å². The Labute approximate surface area is 103 Å². The second kappa shape index (κ2) is 5.71. The summed E-state index contributed by atoms with van der Waals surface area (Å²) in [6.45, 7) is 5.50. The zero-order chi connectivity index (χ0) is 12.1. The molecule has 0 radical (unpaired) electrons. The fourth-order valence-electron chi connectivity index (χ4n) is 2.22. The van der Waals surface area contributed by atoms with Crippen LogP contribution in [0.15, 0.2) is 36.1 Å². The smallest absolute Gasteiger partial charge is 0.222 e. The normalized spacial score (nSPS) is 20.2. The molecule has 0 spiro atoms. The van der Waals surface area contributed by atoms with E-state index >= 15 is 0 Å². The van der Waals surface area contributed by atoms with Gasteiger partial charge in [0.2, 0.25) is 5.91 Å². The molecule has 3 heteroatoms. The van der Waals surface area contributed by atoms with Crippen molar-refractivity contribution in [2.24, 2.45) is 0 Å². The second-order valence-corrected chi connectivity index (χ2v) is 4.38. The quantitative estimate of drug-likeness (QED) is 0.726. The van der Waals surface area contributed by atoms with Gasteiger partial charge in [-0.3, -0.25) is 4.79 Å². The summed E-state index contributed by atoms with van der Waals surface area (Å²) >= 11 is 0. The molecule has 1 fully saturated rings. The number of amides is 1. The van der Waals surface area contributed by atoms with E-state index < -0.39 is 0 Å². The van der Waals surface area contributed by atoms with Crippen LogP contribution in [-0.4, -0.2) is 41.9 Å². The van der Waals surface area contributed by atoms with Gasteiger partial charge in [0.25, 0.3) is 0 Å². The summed E-state index contributed by atoms with van der Waals surface area (Å²) in [7, 11) is 0. The lowest BCUT2D eigenvalue weighted by atomic mass is 10.2. The lowest BCUT2D eigenvalue weighted by molar-refractivity contribution is -0.132. The molecular weight excluding hydrogens is 212 g/mol. The van der Waals surface area contributed by atoms with Crippen molar-refractivity contribution in [3.05, 3.63) is 36.1 Å². The third kappa shape index (κ3) is 2.99. The van der Waals surface area contributed by atoms with Gasteiger partial charge in [-0.25, -0.2) is 0 Å². The van der Waals surface area contributed by atoms with E-state index in [9.17, 15) is 4.79 Å². The van der Waals surface area contributed by atoms with E-state index in [-0.39, 0.29) is 5.91 Å². The van der Waals surface area contributed by atoms with E-state index in [4.69, 9.17) is 0 Å². The average Bonchev–Trinajstić information content (AvgIpc) is 2.67. The van der Waals surface area contributed by atoms with Gasteiger partial charge in [-0.15, -0.1) is 0 Å². The van der Waals surface area contributed by atoms with Crippen molar-refractivity contribution in [3.8, 4) is 0 Å². The van der Waals surface area contributed by atoms with Gasteiger partial charge < -0.3 is 9.80 Å². The van der Waals surface area contributed by atoms with Crippen molar-refractivity contribution in [2.45, 2.75) is 19.8 Å². The number of piperazine rings is 1. The molecule has 0 N–H and O–H groups in total. The molecule has 0 aromatic heterocycles. The zero-order valence-corrected chi connectivity index (χ0v) is 10.4. The average molecular weight is 232 g/mol. The molecular formula is C14H20N2O. The van der Waals surface area contributed by atoms with Crippen molar-refractivity contribution in [1.82, 2.24) is 9.80 Å². The first-order chi connectivity index (χ1) is 8.31. The first kappa shape index (κ1) is 12.0. The van der Waals surface area contributed by atoms with Gasteiger partial charge >= 0.3 is 0 Å². The second-order valence-electron chi connectivity index (χ2n) is 4.38. The molecule has 92 valence electrons. The molecule has 1 amide bonds. The standard InChI is InChI=1S/C14H20N2O/c1-2-14(17)16-11-9-15(10-12-16)13-7-5-3-4-6-8-13/h3,5-8H,2,4,9-12H2,1H3. The molecule has 1 saturated heterocycles. The van der Waals surface area contributed by atoms with Crippen LogP contribution in [0.3, 0.4) is 0 Å². The van der Waals surface area contributed by atoms with Gasteiger partial charge in [-0.05, 0) is 18.6 Å². The van der Waals surface area contributed by atoms with E-state index in [2.05, 4.69) is 35.3 Å². The largest absolute Gasteiger partial charge is 0.368 e. The Morgan fingerprint density at radius 2 is 2.00 bits per heavy atom. The highest BCUT2D eigenvalue weighted by molar-refractivity contribution is 5.75. The van der Waals surface area contributed by atoms with Crippen molar-refractivity contribution >= 4 is 5.91 Å². The molecule has 0 aromatic rings. The summed E-state index contributed by atoms with van der Waals surface area (Å²) < 4.78 is 0. The first-order valence-electron chi connectivity index (χ1n) is 6.37. The number of hydrogen-bond donors (Lipinski definition) is 0. The van der Waals surface area contributed by atoms with E-state index in [1.54, 1.807) is 0 Å². The maximum Gasteiger partial charge on any atom is 0.222 e. The van der Waals surface area contributed by atoms with Crippen LogP contribution < -0.4 is 0 Å². The van der Waals surface area contributed by atoms with Crippen molar-refractivity contribution in [1.29, 1.82) is 0 Å². The molecule has 2 rings (SSSR count). The van der Waals surface area contributed by atoms with Crippen LogP contribution in [0.4, 0.5) is 0 Å². The van der Waals surface area contributed by atoms with Gasteiger partial charge in [-0.2, -0.15) is 0 Å². The summed E-state index contributed by atoms with van der Waals surface area (Å²) in [6, 6.07) is 0. The Morgan fingerprint density at radius 3 is 2.71 bits per heavy atom. The third-order valence-corrected chi connectivity index (χ3v) is 3.26. The van der Waals surface area contributed by atoms with Crippen molar-refractivity contribution < 1.29 is 4.79 Å². The minimum absolute atomic E-state index is 0.273. The monoisotopic (exact) mass is 232 g/mol. The summed E-state index contributed by atoms with van der Waals surface area (Å²) in [5, 5.41) is 0. The number of nitrogens with zero attached hydrogens (tertiary/aromatic N) is 2. The highest BCUT2D eigenvalue weighted by Gasteiger charge is 2.20. The van der Waals surface area contributed by atoms with Gasteiger partial charge in [0.1, 0.15) is 0 Å².